The summed E-state index contributed by atoms with van der Waals surface area (Å²) in [6.07, 6.45) is 7.85. The van der Waals surface area contributed by atoms with Crippen LogP contribution in [0.2, 0.25) is 0 Å². The number of rotatable bonds is 3. The number of piperidine rings is 1. The van der Waals surface area contributed by atoms with Crippen LogP contribution in [0.5, 0.6) is 0 Å². The average Bonchev–Trinajstić information content (AvgIpc) is 3.23. The number of amides is 1. The summed E-state index contributed by atoms with van der Waals surface area (Å²) in [5.41, 5.74) is 0.919. The van der Waals surface area contributed by atoms with Gasteiger partial charge < -0.3 is 10.2 Å². The van der Waals surface area contributed by atoms with Crippen LogP contribution in [0.3, 0.4) is 0 Å². The predicted molar refractivity (Wildman–Crippen MR) is 72.9 cm³/mol. The molecule has 5 heteroatoms. The molecule has 0 radical (unpaired) electrons. The first kappa shape index (κ1) is 12.4. The Balaban J connectivity index is 1.65. The molecule has 1 aromatic rings. The fourth-order valence-corrected chi connectivity index (χ4v) is 2.55. The second-order valence-corrected chi connectivity index (χ2v) is 5.59. The number of nitrogens with one attached hydrogen (secondary N) is 1. The molecule has 102 valence electrons. The fourth-order valence-electron chi connectivity index (χ4n) is 2.55. The fraction of sp³-hybridized carbons (Fsp3) is 0.643. The molecule has 2 aliphatic rings. The maximum absolute atomic E-state index is 12.1. The number of aromatic nitrogens is 2. The van der Waals surface area contributed by atoms with E-state index in [-0.39, 0.29) is 11.8 Å². The number of carbonyl (C=O) groups excluding carboxylic acids is 1. The molecule has 3 rings (SSSR count). The topological polar surface area (TPSA) is 58.1 Å². The van der Waals surface area contributed by atoms with Gasteiger partial charge in [0.1, 0.15) is 5.82 Å². The van der Waals surface area contributed by atoms with Gasteiger partial charge in [-0.25, -0.2) is 4.98 Å². The zero-order valence-electron chi connectivity index (χ0n) is 11.3. The van der Waals surface area contributed by atoms with E-state index in [1.54, 1.807) is 12.4 Å². The van der Waals surface area contributed by atoms with Gasteiger partial charge in [-0.1, -0.05) is 0 Å². The van der Waals surface area contributed by atoms with Gasteiger partial charge in [0.15, 0.2) is 0 Å². The number of aryl methyl sites for hydroxylation is 1. The maximum Gasteiger partial charge on any atom is 0.225 e. The van der Waals surface area contributed by atoms with E-state index in [0.717, 1.165) is 50.3 Å². The SMILES string of the molecule is Cc1cncc(N2CCCC(C(=O)NC3CC3)C2)n1. The number of hydrogen-bond acceptors (Lipinski definition) is 4. The zero-order valence-corrected chi connectivity index (χ0v) is 11.3. The first-order valence-corrected chi connectivity index (χ1v) is 7.06. The Morgan fingerprint density at radius 3 is 2.95 bits per heavy atom. The van der Waals surface area contributed by atoms with Gasteiger partial charge in [-0.3, -0.25) is 9.78 Å². The third-order valence-corrected chi connectivity index (χ3v) is 3.78. The lowest BCUT2D eigenvalue weighted by Gasteiger charge is -2.32. The Morgan fingerprint density at radius 2 is 2.21 bits per heavy atom. The van der Waals surface area contributed by atoms with Crippen molar-refractivity contribution in [2.75, 3.05) is 18.0 Å². The van der Waals surface area contributed by atoms with E-state index in [1.807, 2.05) is 6.92 Å². The van der Waals surface area contributed by atoms with Crippen LogP contribution in [0, 0.1) is 12.8 Å². The van der Waals surface area contributed by atoms with Crippen molar-refractivity contribution in [1.82, 2.24) is 15.3 Å². The van der Waals surface area contributed by atoms with Crippen LogP contribution in [-0.4, -0.2) is 35.0 Å². The van der Waals surface area contributed by atoms with E-state index in [9.17, 15) is 4.79 Å². The highest BCUT2D eigenvalue weighted by atomic mass is 16.2. The molecule has 0 aromatic carbocycles. The van der Waals surface area contributed by atoms with Crippen molar-refractivity contribution in [1.29, 1.82) is 0 Å². The highest BCUT2D eigenvalue weighted by molar-refractivity contribution is 5.80. The molecule has 1 aliphatic heterocycles. The zero-order chi connectivity index (χ0) is 13.2. The van der Waals surface area contributed by atoms with Gasteiger partial charge in [0.05, 0.1) is 17.8 Å². The van der Waals surface area contributed by atoms with Gasteiger partial charge in [0.25, 0.3) is 0 Å². The minimum absolute atomic E-state index is 0.0941. The number of carbonyl (C=O) groups is 1. The lowest BCUT2D eigenvalue weighted by molar-refractivity contribution is -0.125. The largest absolute Gasteiger partial charge is 0.355 e. The molecule has 1 atom stereocenters. The Bertz CT molecular complexity index is 472. The molecule has 1 aliphatic carbocycles. The van der Waals surface area contributed by atoms with Crippen molar-refractivity contribution in [2.45, 2.75) is 38.6 Å². The molecular weight excluding hydrogens is 240 g/mol. The molecule has 1 saturated carbocycles. The van der Waals surface area contributed by atoms with E-state index in [1.165, 1.54) is 0 Å². The van der Waals surface area contributed by atoms with Crippen LogP contribution in [0.1, 0.15) is 31.4 Å². The first-order chi connectivity index (χ1) is 9.22. The molecule has 1 aromatic heterocycles. The van der Waals surface area contributed by atoms with Crippen molar-refractivity contribution < 1.29 is 4.79 Å². The Hall–Kier alpha value is -1.65. The molecule has 0 spiro atoms. The second kappa shape index (κ2) is 5.15. The lowest BCUT2D eigenvalue weighted by Crippen LogP contribution is -2.44. The third-order valence-electron chi connectivity index (χ3n) is 3.78. The first-order valence-electron chi connectivity index (χ1n) is 7.06. The highest BCUT2D eigenvalue weighted by Crippen LogP contribution is 2.24. The molecule has 2 heterocycles. The van der Waals surface area contributed by atoms with Crippen molar-refractivity contribution in [3.8, 4) is 0 Å². The highest BCUT2D eigenvalue weighted by Gasteiger charge is 2.30. The second-order valence-electron chi connectivity index (χ2n) is 5.59. The van der Waals surface area contributed by atoms with Crippen molar-refractivity contribution in [2.24, 2.45) is 5.92 Å². The van der Waals surface area contributed by atoms with Gasteiger partial charge in [-0.15, -0.1) is 0 Å². The summed E-state index contributed by atoms with van der Waals surface area (Å²) in [7, 11) is 0. The summed E-state index contributed by atoms with van der Waals surface area (Å²) in [6.45, 7) is 3.67. The molecule has 5 nitrogen and oxygen atoms in total. The van der Waals surface area contributed by atoms with E-state index in [0.29, 0.717) is 6.04 Å². The van der Waals surface area contributed by atoms with Gasteiger partial charge in [-0.2, -0.15) is 0 Å². The monoisotopic (exact) mass is 260 g/mol. The number of hydrogen-bond donors (Lipinski definition) is 1. The molecule has 19 heavy (non-hydrogen) atoms. The minimum atomic E-state index is 0.0941. The molecule has 1 N–H and O–H groups in total. The van der Waals surface area contributed by atoms with Gasteiger partial charge >= 0.3 is 0 Å². The molecule has 1 amide bonds. The summed E-state index contributed by atoms with van der Waals surface area (Å²) in [5.74, 6) is 1.20. The summed E-state index contributed by atoms with van der Waals surface area (Å²) in [4.78, 5) is 23.0. The summed E-state index contributed by atoms with van der Waals surface area (Å²) >= 11 is 0. The van der Waals surface area contributed by atoms with Crippen LogP contribution in [0.15, 0.2) is 12.4 Å². The normalized spacial score (nSPS) is 23.2. The van der Waals surface area contributed by atoms with Crippen LogP contribution in [0.4, 0.5) is 5.82 Å². The molecule has 1 unspecified atom stereocenters. The predicted octanol–water partition coefficient (Wildman–Crippen LogP) is 1.28. The quantitative estimate of drug-likeness (QED) is 0.889. The van der Waals surface area contributed by atoms with Crippen LogP contribution in [0.25, 0.3) is 0 Å². The minimum Gasteiger partial charge on any atom is -0.355 e. The standard InChI is InChI=1S/C14H20N4O/c1-10-7-15-8-13(16-10)18-6-2-3-11(9-18)14(19)17-12-4-5-12/h7-8,11-12H,2-6,9H2,1H3,(H,17,19). The van der Waals surface area contributed by atoms with Gasteiger partial charge in [0.2, 0.25) is 5.91 Å². The van der Waals surface area contributed by atoms with Crippen LogP contribution in [-0.2, 0) is 4.79 Å². The van der Waals surface area contributed by atoms with E-state index in [2.05, 4.69) is 20.2 Å². The van der Waals surface area contributed by atoms with E-state index < -0.39 is 0 Å². The molecule has 1 saturated heterocycles. The lowest BCUT2D eigenvalue weighted by atomic mass is 9.97. The van der Waals surface area contributed by atoms with Gasteiger partial charge in [-0.05, 0) is 32.6 Å². The summed E-state index contributed by atoms with van der Waals surface area (Å²) < 4.78 is 0. The maximum atomic E-state index is 12.1. The number of anilines is 1. The summed E-state index contributed by atoms with van der Waals surface area (Å²) in [5, 5.41) is 3.11. The molecule has 0 bridgehead atoms. The van der Waals surface area contributed by atoms with Crippen molar-refractivity contribution in [3.63, 3.8) is 0 Å². The van der Waals surface area contributed by atoms with Crippen LogP contribution >= 0.6 is 0 Å². The Morgan fingerprint density at radius 1 is 1.37 bits per heavy atom. The van der Waals surface area contributed by atoms with E-state index >= 15 is 0 Å². The van der Waals surface area contributed by atoms with E-state index in [4.69, 9.17) is 0 Å². The van der Waals surface area contributed by atoms with Crippen LogP contribution < -0.4 is 10.2 Å². The Labute approximate surface area is 113 Å². The summed E-state index contributed by atoms with van der Waals surface area (Å²) in [6, 6.07) is 0.446. The third kappa shape index (κ3) is 3.03. The Kier molecular flexibility index (Phi) is 3.36. The number of nitrogens with zero attached hydrogens (tertiary/aromatic N) is 3. The molecule has 2 fully saturated rings. The molecular formula is C14H20N4O. The average molecular weight is 260 g/mol. The van der Waals surface area contributed by atoms with Crippen molar-refractivity contribution >= 4 is 11.7 Å². The smallest absolute Gasteiger partial charge is 0.225 e. The van der Waals surface area contributed by atoms with Gasteiger partial charge in [0, 0.05) is 25.3 Å². The van der Waals surface area contributed by atoms with Crippen molar-refractivity contribution in [3.05, 3.63) is 18.1 Å².